The highest BCUT2D eigenvalue weighted by molar-refractivity contribution is 7.89. The fourth-order valence-corrected chi connectivity index (χ4v) is 3.59. The topological polar surface area (TPSA) is 84.9 Å². The molecule has 0 aromatic heterocycles. The van der Waals surface area contributed by atoms with E-state index in [9.17, 15) is 13.2 Å². The summed E-state index contributed by atoms with van der Waals surface area (Å²) in [4.78, 5) is 14.4. The molecule has 0 radical (unpaired) electrons. The van der Waals surface area contributed by atoms with Gasteiger partial charge in [0.2, 0.25) is 15.9 Å². The Bertz CT molecular complexity index is 943. The van der Waals surface area contributed by atoms with Crippen molar-refractivity contribution in [1.29, 1.82) is 0 Å². The van der Waals surface area contributed by atoms with E-state index in [0.29, 0.717) is 25.3 Å². The summed E-state index contributed by atoms with van der Waals surface area (Å²) in [6.07, 6.45) is 3.01. The van der Waals surface area contributed by atoms with Gasteiger partial charge in [0.15, 0.2) is 0 Å². The van der Waals surface area contributed by atoms with Crippen molar-refractivity contribution in [3.63, 3.8) is 0 Å². The summed E-state index contributed by atoms with van der Waals surface area (Å²) in [5.41, 5.74) is 1.58. The second-order valence-corrected chi connectivity index (χ2v) is 8.04. The molecule has 2 rings (SSSR count). The van der Waals surface area contributed by atoms with Gasteiger partial charge in [0.05, 0.1) is 13.7 Å². The average molecular weight is 419 g/mol. The SMILES string of the molecule is CNS(=O)(=O)c1cc(/C=C/C(=O)N(CCOC)Cc2ccccc2)ccc1OC. The zero-order valence-electron chi connectivity index (χ0n) is 16.8. The lowest BCUT2D eigenvalue weighted by Gasteiger charge is -2.21. The molecule has 0 unspecified atom stereocenters. The summed E-state index contributed by atoms with van der Waals surface area (Å²) in [6, 6.07) is 14.4. The Balaban J connectivity index is 2.23. The molecule has 0 atom stereocenters. The number of nitrogens with zero attached hydrogens (tertiary/aromatic N) is 1. The monoisotopic (exact) mass is 418 g/mol. The molecule has 0 spiro atoms. The maximum Gasteiger partial charge on any atom is 0.246 e. The van der Waals surface area contributed by atoms with Crippen LogP contribution in [-0.2, 0) is 26.1 Å². The number of rotatable bonds is 10. The van der Waals surface area contributed by atoms with E-state index in [-0.39, 0.29) is 16.6 Å². The third-order valence-corrected chi connectivity index (χ3v) is 5.69. The number of benzene rings is 2. The molecular formula is C21H26N2O5S. The number of amides is 1. The molecule has 2 aromatic carbocycles. The van der Waals surface area contributed by atoms with Gasteiger partial charge in [-0.1, -0.05) is 36.4 Å². The lowest BCUT2D eigenvalue weighted by Crippen LogP contribution is -2.32. The molecule has 8 heteroatoms. The molecule has 0 aliphatic rings. The maximum absolute atomic E-state index is 12.7. The summed E-state index contributed by atoms with van der Waals surface area (Å²) in [5.74, 6) is 0.0355. The van der Waals surface area contributed by atoms with E-state index in [1.807, 2.05) is 30.3 Å². The zero-order valence-corrected chi connectivity index (χ0v) is 17.6. The van der Waals surface area contributed by atoms with E-state index in [1.165, 1.54) is 26.3 Å². The smallest absolute Gasteiger partial charge is 0.246 e. The Morgan fingerprint density at radius 1 is 1.14 bits per heavy atom. The Kier molecular flexibility index (Phi) is 8.38. The van der Waals surface area contributed by atoms with Crippen molar-refractivity contribution in [3.8, 4) is 5.75 Å². The standard InChI is InChI=1S/C21H26N2O5S/c1-22-29(25,26)20-15-17(9-11-19(20)28-3)10-12-21(24)23(13-14-27-2)16-18-7-5-4-6-8-18/h4-12,15,22H,13-14,16H2,1-3H3/b12-10+. The number of hydrogen-bond donors (Lipinski definition) is 1. The van der Waals surface area contributed by atoms with Gasteiger partial charge in [-0.05, 0) is 36.4 Å². The Morgan fingerprint density at radius 3 is 2.48 bits per heavy atom. The molecule has 7 nitrogen and oxygen atoms in total. The minimum absolute atomic E-state index is 0.0117. The van der Waals surface area contributed by atoms with Crippen LogP contribution in [0.15, 0.2) is 59.5 Å². The summed E-state index contributed by atoms with van der Waals surface area (Å²) < 4.78 is 36.9. The number of ether oxygens (including phenoxy) is 2. The van der Waals surface area contributed by atoms with Gasteiger partial charge in [0.1, 0.15) is 10.6 Å². The predicted octanol–water partition coefficient (Wildman–Crippen LogP) is 2.29. The molecule has 0 fully saturated rings. The fraction of sp³-hybridized carbons (Fsp3) is 0.286. The molecule has 1 N–H and O–H groups in total. The molecule has 0 bridgehead atoms. The van der Waals surface area contributed by atoms with Crippen molar-refractivity contribution in [3.05, 3.63) is 65.7 Å². The quantitative estimate of drug-likeness (QED) is 0.599. The second-order valence-electron chi connectivity index (χ2n) is 6.19. The van der Waals surface area contributed by atoms with Crippen LogP contribution in [0.2, 0.25) is 0 Å². The molecule has 0 heterocycles. The number of nitrogens with one attached hydrogen (secondary N) is 1. The van der Waals surface area contributed by atoms with Crippen molar-refractivity contribution < 1.29 is 22.7 Å². The minimum Gasteiger partial charge on any atom is -0.495 e. The van der Waals surface area contributed by atoms with Gasteiger partial charge in [0.25, 0.3) is 0 Å². The highest BCUT2D eigenvalue weighted by Crippen LogP contribution is 2.25. The Morgan fingerprint density at radius 2 is 1.86 bits per heavy atom. The van der Waals surface area contributed by atoms with Gasteiger partial charge in [-0.25, -0.2) is 13.1 Å². The van der Waals surface area contributed by atoms with Crippen molar-refractivity contribution in [2.45, 2.75) is 11.4 Å². The Hall–Kier alpha value is -2.68. The number of methoxy groups -OCH3 is 2. The van der Waals surface area contributed by atoms with E-state index >= 15 is 0 Å². The maximum atomic E-state index is 12.7. The molecule has 0 aliphatic heterocycles. The summed E-state index contributed by atoms with van der Waals surface area (Å²) in [7, 11) is 0.628. The first-order chi connectivity index (χ1) is 13.9. The lowest BCUT2D eigenvalue weighted by molar-refractivity contribution is -0.127. The molecular weight excluding hydrogens is 392 g/mol. The van der Waals surface area contributed by atoms with Crippen LogP contribution in [0.1, 0.15) is 11.1 Å². The minimum atomic E-state index is -3.69. The van der Waals surface area contributed by atoms with Gasteiger partial charge in [-0.2, -0.15) is 0 Å². The molecule has 0 saturated heterocycles. The van der Waals surface area contributed by atoms with Gasteiger partial charge in [-0.3, -0.25) is 4.79 Å². The first kappa shape index (κ1) is 22.6. The van der Waals surface area contributed by atoms with Crippen molar-refractivity contribution in [2.75, 3.05) is 34.4 Å². The second kappa shape index (κ2) is 10.8. The van der Waals surface area contributed by atoms with Gasteiger partial charge in [0, 0.05) is 26.3 Å². The highest BCUT2D eigenvalue weighted by atomic mass is 32.2. The van der Waals surface area contributed by atoms with Crippen LogP contribution in [0.4, 0.5) is 0 Å². The van der Waals surface area contributed by atoms with Crippen molar-refractivity contribution >= 4 is 22.0 Å². The lowest BCUT2D eigenvalue weighted by atomic mass is 10.2. The van der Waals surface area contributed by atoms with Crippen LogP contribution >= 0.6 is 0 Å². The molecule has 0 aliphatic carbocycles. The summed E-state index contributed by atoms with van der Waals surface area (Å²) in [5, 5.41) is 0. The van der Waals surface area contributed by atoms with Crippen LogP contribution in [0.25, 0.3) is 6.08 Å². The van der Waals surface area contributed by atoms with Gasteiger partial charge in [-0.15, -0.1) is 0 Å². The predicted molar refractivity (Wildman–Crippen MR) is 112 cm³/mol. The van der Waals surface area contributed by atoms with Crippen LogP contribution in [-0.4, -0.2) is 53.6 Å². The van der Waals surface area contributed by atoms with Gasteiger partial charge >= 0.3 is 0 Å². The highest BCUT2D eigenvalue weighted by Gasteiger charge is 2.18. The number of carbonyl (C=O) groups excluding carboxylic acids is 1. The van der Waals surface area contributed by atoms with E-state index in [2.05, 4.69) is 4.72 Å². The largest absolute Gasteiger partial charge is 0.495 e. The van der Waals surface area contributed by atoms with Gasteiger partial charge < -0.3 is 14.4 Å². The van der Waals surface area contributed by atoms with E-state index < -0.39 is 10.0 Å². The number of sulfonamides is 1. The van der Waals surface area contributed by atoms with Crippen molar-refractivity contribution in [2.24, 2.45) is 0 Å². The molecule has 0 saturated carbocycles. The number of hydrogen-bond acceptors (Lipinski definition) is 5. The van der Waals surface area contributed by atoms with Crippen LogP contribution in [0.5, 0.6) is 5.75 Å². The van der Waals surface area contributed by atoms with E-state index in [1.54, 1.807) is 30.2 Å². The van der Waals surface area contributed by atoms with E-state index in [0.717, 1.165) is 5.56 Å². The van der Waals surface area contributed by atoms with Crippen LogP contribution in [0, 0.1) is 0 Å². The summed E-state index contributed by atoms with van der Waals surface area (Å²) in [6.45, 7) is 1.31. The summed E-state index contributed by atoms with van der Waals surface area (Å²) >= 11 is 0. The van der Waals surface area contributed by atoms with Crippen LogP contribution in [0.3, 0.4) is 0 Å². The Labute approximate surface area is 172 Å². The fourth-order valence-electron chi connectivity index (χ4n) is 2.66. The van der Waals surface area contributed by atoms with Crippen molar-refractivity contribution in [1.82, 2.24) is 9.62 Å². The molecule has 1 amide bonds. The molecule has 156 valence electrons. The van der Waals surface area contributed by atoms with Crippen LogP contribution < -0.4 is 9.46 Å². The first-order valence-corrected chi connectivity index (χ1v) is 10.5. The first-order valence-electron chi connectivity index (χ1n) is 9.02. The molecule has 2 aromatic rings. The van der Waals surface area contributed by atoms with E-state index in [4.69, 9.17) is 9.47 Å². The molecule has 29 heavy (non-hydrogen) atoms. The zero-order chi connectivity index (χ0) is 21.3. The number of carbonyl (C=O) groups is 1. The third kappa shape index (κ3) is 6.42. The average Bonchev–Trinajstić information content (AvgIpc) is 2.75. The third-order valence-electron chi connectivity index (χ3n) is 4.26. The normalized spacial score (nSPS) is 11.6.